The Hall–Kier alpha value is -3.14. The summed E-state index contributed by atoms with van der Waals surface area (Å²) < 4.78 is 11.6. The van der Waals surface area contributed by atoms with Gasteiger partial charge in [0.1, 0.15) is 29.5 Å². The zero-order chi connectivity index (χ0) is 23.0. The van der Waals surface area contributed by atoms with Crippen LogP contribution >= 0.6 is 0 Å². The minimum absolute atomic E-state index is 0.109. The summed E-state index contributed by atoms with van der Waals surface area (Å²) >= 11 is 0. The van der Waals surface area contributed by atoms with Crippen LogP contribution < -0.4 is 14.8 Å². The Kier molecular flexibility index (Phi) is 5.95. The SMILES string of the molecule is COc1cc(OC2C(C)(C)C(NC(=O)c3cnc(C(C)C)nc3)C2(C)C)ccc1C#N. The molecular formula is C24H30N4O3. The molecule has 1 amide bonds. The van der Waals surface area contributed by atoms with Crippen molar-refractivity contribution >= 4 is 5.91 Å². The molecule has 164 valence electrons. The number of methoxy groups -OCH3 is 1. The number of carbonyl (C=O) groups is 1. The molecule has 1 heterocycles. The fraction of sp³-hybridized carbons (Fsp3) is 0.500. The number of nitrogens with zero attached hydrogens (tertiary/aromatic N) is 3. The van der Waals surface area contributed by atoms with E-state index in [0.29, 0.717) is 28.5 Å². The van der Waals surface area contributed by atoms with Gasteiger partial charge < -0.3 is 14.8 Å². The Morgan fingerprint density at radius 3 is 2.29 bits per heavy atom. The molecule has 2 aromatic rings. The van der Waals surface area contributed by atoms with Crippen LogP contribution in [0.2, 0.25) is 0 Å². The van der Waals surface area contributed by atoms with Gasteiger partial charge in [0.05, 0.1) is 18.2 Å². The van der Waals surface area contributed by atoms with E-state index in [0.717, 1.165) is 0 Å². The zero-order valence-electron chi connectivity index (χ0n) is 19.2. The van der Waals surface area contributed by atoms with Crippen molar-refractivity contribution in [2.24, 2.45) is 10.8 Å². The maximum Gasteiger partial charge on any atom is 0.254 e. The van der Waals surface area contributed by atoms with Crippen molar-refractivity contribution in [3.63, 3.8) is 0 Å². The molecule has 0 unspecified atom stereocenters. The average molecular weight is 423 g/mol. The van der Waals surface area contributed by atoms with Crippen molar-refractivity contribution in [2.45, 2.75) is 59.6 Å². The van der Waals surface area contributed by atoms with Gasteiger partial charge in [-0.2, -0.15) is 5.26 Å². The number of aromatic nitrogens is 2. The second-order valence-corrected chi connectivity index (χ2v) is 9.51. The first kappa shape index (κ1) is 22.5. The number of benzene rings is 1. The molecule has 0 spiro atoms. The van der Waals surface area contributed by atoms with Gasteiger partial charge in [-0.05, 0) is 12.1 Å². The molecule has 1 fully saturated rings. The number of nitrogens with one attached hydrogen (secondary N) is 1. The highest BCUT2D eigenvalue weighted by Gasteiger charge is 2.64. The van der Waals surface area contributed by atoms with E-state index < -0.39 is 0 Å². The Balaban J connectivity index is 1.75. The number of amides is 1. The normalized spacial score (nSPS) is 21.0. The maximum atomic E-state index is 12.8. The summed E-state index contributed by atoms with van der Waals surface area (Å²) in [5.41, 5.74) is 0.257. The number of nitriles is 1. The smallest absolute Gasteiger partial charge is 0.254 e. The molecule has 1 aromatic carbocycles. The molecule has 7 heteroatoms. The molecule has 1 aromatic heterocycles. The van der Waals surface area contributed by atoms with Gasteiger partial charge in [0.15, 0.2) is 0 Å². The average Bonchev–Trinajstić information content (AvgIpc) is 2.74. The summed E-state index contributed by atoms with van der Waals surface area (Å²) in [6, 6.07) is 7.18. The largest absolute Gasteiger partial charge is 0.495 e. The van der Waals surface area contributed by atoms with Crippen molar-refractivity contribution in [2.75, 3.05) is 7.11 Å². The second-order valence-electron chi connectivity index (χ2n) is 9.51. The van der Waals surface area contributed by atoms with Gasteiger partial charge in [-0.3, -0.25) is 4.79 Å². The first-order valence-electron chi connectivity index (χ1n) is 10.4. The van der Waals surface area contributed by atoms with E-state index in [1.165, 1.54) is 7.11 Å². The minimum Gasteiger partial charge on any atom is -0.495 e. The van der Waals surface area contributed by atoms with Crippen LogP contribution in [-0.2, 0) is 0 Å². The van der Waals surface area contributed by atoms with E-state index in [4.69, 9.17) is 9.47 Å². The van der Waals surface area contributed by atoms with Gasteiger partial charge in [0, 0.05) is 41.2 Å². The highest BCUT2D eigenvalue weighted by molar-refractivity contribution is 5.94. The molecule has 0 saturated heterocycles. The lowest BCUT2D eigenvalue weighted by Gasteiger charge is -2.63. The van der Waals surface area contributed by atoms with Crippen molar-refractivity contribution in [3.8, 4) is 17.6 Å². The monoisotopic (exact) mass is 422 g/mol. The summed E-state index contributed by atoms with van der Waals surface area (Å²) in [6.07, 6.45) is 3.00. The van der Waals surface area contributed by atoms with Gasteiger partial charge in [0.2, 0.25) is 0 Å². The minimum atomic E-state index is -0.320. The maximum absolute atomic E-state index is 12.8. The first-order valence-corrected chi connectivity index (χ1v) is 10.4. The van der Waals surface area contributed by atoms with Crippen LogP contribution in [0.5, 0.6) is 11.5 Å². The summed E-state index contributed by atoms with van der Waals surface area (Å²) in [6.45, 7) is 12.3. The molecule has 7 nitrogen and oxygen atoms in total. The standard InChI is InChI=1S/C24H30N4O3/c1-14(2)19-26-12-16(13-27-19)20(29)28-21-23(3,4)22(24(21,5)6)31-17-9-8-15(11-25)18(10-17)30-7/h8-10,12-14,21-22H,1-7H3,(H,28,29). The molecule has 0 radical (unpaired) electrons. The van der Waals surface area contributed by atoms with E-state index in [2.05, 4.69) is 49.0 Å². The molecule has 1 saturated carbocycles. The highest BCUT2D eigenvalue weighted by atomic mass is 16.5. The lowest BCUT2D eigenvalue weighted by molar-refractivity contribution is -0.164. The molecule has 1 aliphatic carbocycles. The first-order chi connectivity index (χ1) is 14.5. The van der Waals surface area contributed by atoms with E-state index in [1.54, 1.807) is 30.6 Å². The highest BCUT2D eigenvalue weighted by Crippen LogP contribution is 2.55. The molecule has 0 bridgehead atoms. The Morgan fingerprint density at radius 1 is 1.16 bits per heavy atom. The van der Waals surface area contributed by atoms with Gasteiger partial charge >= 0.3 is 0 Å². The van der Waals surface area contributed by atoms with Crippen LogP contribution in [0.4, 0.5) is 0 Å². The number of rotatable bonds is 6. The van der Waals surface area contributed by atoms with Crippen molar-refractivity contribution in [1.82, 2.24) is 15.3 Å². The van der Waals surface area contributed by atoms with Crippen LogP contribution in [0.15, 0.2) is 30.6 Å². The third-order valence-corrected chi connectivity index (χ3v) is 6.11. The third-order valence-electron chi connectivity index (χ3n) is 6.11. The molecule has 31 heavy (non-hydrogen) atoms. The summed E-state index contributed by atoms with van der Waals surface area (Å²) in [7, 11) is 1.53. The molecule has 3 rings (SSSR count). The number of hydrogen-bond acceptors (Lipinski definition) is 6. The molecule has 1 aliphatic rings. The molecule has 1 N–H and O–H groups in total. The number of hydrogen-bond donors (Lipinski definition) is 1. The predicted molar refractivity (Wildman–Crippen MR) is 117 cm³/mol. The van der Waals surface area contributed by atoms with Crippen LogP contribution in [0, 0.1) is 22.2 Å². The van der Waals surface area contributed by atoms with Crippen molar-refractivity contribution in [1.29, 1.82) is 5.26 Å². The second kappa shape index (κ2) is 8.18. The quantitative estimate of drug-likeness (QED) is 0.753. The Bertz CT molecular complexity index is 990. The van der Waals surface area contributed by atoms with Gasteiger partial charge in [-0.1, -0.05) is 41.5 Å². The van der Waals surface area contributed by atoms with E-state index in [1.807, 2.05) is 13.8 Å². The van der Waals surface area contributed by atoms with Gasteiger partial charge in [0.25, 0.3) is 5.91 Å². The van der Waals surface area contributed by atoms with E-state index in [-0.39, 0.29) is 34.8 Å². The third kappa shape index (κ3) is 4.07. The fourth-order valence-corrected chi connectivity index (χ4v) is 4.74. The van der Waals surface area contributed by atoms with E-state index in [9.17, 15) is 10.1 Å². The van der Waals surface area contributed by atoms with Crippen LogP contribution in [0.1, 0.15) is 69.2 Å². The predicted octanol–water partition coefficient (Wildman–Crippen LogP) is 4.09. The summed E-state index contributed by atoms with van der Waals surface area (Å²) in [5.74, 6) is 1.83. The van der Waals surface area contributed by atoms with Crippen LogP contribution in [-0.4, -0.2) is 35.1 Å². The van der Waals surface area contributed by atoms with Gasteiger partial charge in [-0.25, -0.2) is 9.97 Å². The molecular weight excluding hydrogens is 392 g/mol. The molecule has 0 aliphatic heterocycles. The zero-order valence-corrected chi connectivity index (χ0v) is 19.2. The Morgan fingerprint density at radius 2 is 1.77 bits per heavy atom. The van der Waals surface area contributed by atoms with Crippen LogP contribution in [0.3, 0.4) is 0 Å². The van der Waals surface area contributed by atoms with Crippen molar-refractivity contribution < 1.29 is 14.3 Å². The Labute approximate surface area is 183 Å². The number of carbonyl (C=O) groups excluding carboxylic acids is 1. The van der Waals surface area contributed by atoms with Gasteiger partial charge in [-0.15, -0.1) is 0 Å². The lowest BCUT2D eigenvalue weighted by atomic mass is 9.49. The van der Waals surface area contributed by atoms with Crippen LogP contribution in [0.25, 0.3) is 0 Å². The summed E-state index contributed by atoms with van der Waals surface area (Å²) in [5, 5.41) is 12.3. The lowest BCUT2D eigenvalue weighted by Crippen LogP contribution is -2.74. The topological polar surface area (TPSA) is 97.1 Å². The van der Waals surface area contributed by atoms with E-state index >= 15 is 0 Å². The van der Waals surface area contributed by atoms with Crippen molar-refractivity contribution in [3.05, 3.63) is 47.5 Å². The molecule has 0 atom stereocenters. The number of ether oxygens (including phenoxy) is 2. The summed E-state index contributed by atoms with van der Waals surface area (Å²) in [4.78, 5) is 21.4. The fourth-order valence-electron chi connectivity index (χ4n) is 4.74.